The van der Waals surface area contributed by atoms with Crippen molar-refractivity contribution >= 4 is 35.6 Å². The van der Waals surface area contributed by atoms with Gasteiger partial charge in [-0.15, -0.1) is 24.0 Å². The lowest BCUT2D eigenvalue weighted by molar-refractivity contribution is 0.530. The van der Waals surface area contributed by atoms with Gasteiger partial charge >= 0.3 is 0 Å². The number of nitrogens with zero attached hydrogens (tertiary/aromatic N) is 2. The topological polar surface area (TPSA) is 53.6 Å². The molecule has 130 valence electrons. The molecule has 0 radical (unpaired) electrons. The second kappa shape index (κ2) is 9.95. The molecule has 0 unspecified atom stereocenters. The van der Waals surface area contributed by atoms with Gasteiger partial charge in [0.25, 0.3) is 0 Å². The van der Waals surface area contributed by atoms with Gasteiger partial charge in [0.1, 0.15) is 5.82 Å². The van der Waals surface area contributed by atoms with Crippen molar-refractivity contribution in [3.63, 3.8) is 0 Å². The lowest BCUT2D eigenvalue weighted by Gasteiger charge is -2.17. The lowest BCUT2D eigenvalue weighted by Crippen LogP contribution is -2.39. The van der Waals surface area contributed by atoms with Crippen molar-refractivity contribution in [2.24, 2.45) is 10.7 Å². The van der Waals surface area contributed by atoms with Gasteiger partial charge in [0.15, 0.2) is 5.96 Å². The van der Waals surface area contributed by atoms with Crippen LogP contribution in [-0.2, 0) is 6.54 Å². The van der Waals surface area contributed by atoms with Gasteiger partial charge in [-0.3, -0.25) is 0 Å². The molecule has 6 heteroatoms. The molecular weight excluding hydrogens is 406 g/mol. The van der Waals surface area contributed by atoms with E-state index in [2.05, 4.69) is 10.3 Å². The summed E-state index contributed by atoms with van der Waals surface area (Å²) in [6.07, 6.45) is 7.44. The van der Waals surface area contributed by atoms with Crippen LogP contribution in [0.3, 0.4) is 0 Å². The predicted octanol–water partition coefficient (Wildman–Crippen LogP) is 3.64. The quantitative estimate of drug-likeness (QED) is 0.329. The number of nitrogens with one attached hydrogen (secondary N) is 1. The van der Waals surface area contributed by atoms with Gasteiger partial charge in [-0.25, -0.2) is 9.38 Å². The van der Waals surface area contributed by atoms with E-state index in [0.717, 1.165) is 18.4 Å². The van der Waals surface area contributed by atoms with Gasteiger partial charge < -0.3 is 16.0 Å². The van der Waals surface area contributed by atoms with Crippen LogP contribution in [0.1, 0.15) is 44.1 Å². The molecule has 3 N–H and O–H groups in total. The van der Waals surface area contributed by atoms with Crippen molar-refractivity contribution < 1.29 is 4.39 Å². The summed E-state index contributed by atoms with van der Waals surface area (Å²) in [4.78, 5) is 6.09. The highest BCUT2D eigenvalue weighted by Gasteiger charge is 2.12. The van der Waals surface area contributed by atoms with E-state index in [0.29, 0.717) is 24.2 Å². The summed E-state index contributed by atoms with van der Waals surface area (Å²) in [6, 6.07) is 5.62. The Kier molecular flexibility index (Phi) is 8.65. The standard InChI is InChI=1S/C17H27FN4.HI/c1-22(2)16-10-9-13(11-15(16)18)12-20-17(19)21-14-7-5-3-4-6-8-14;/h9-11,14H,3-8,12H2,1-2H3,(H3,19,20,21);1H. The van der Waals surface area contributed by atoms with Crippen LogP contribution in [-0.4, -0.2) is 26.1 Å². The van der Waals surface area contributed by atoms with Gasteiger partial charge in [0.2, 0.25) is 0 Å². The largest absolute Gasteiger partial charge is 0.375 e. The highest BCUT2D eigenvalue weighted by atomic mass is 127. The molecule has 1 saturated carbocycles. The Labute approximate surface area is 155 Å². The van der Waals surface area contributed by atoms with Crippen molar-refractivity contribution in [2.45, 2.75) is 51.1 Å². The van der Waals surface area contributed by atoms with Crippen molar-refractivity contribution in [3.05, 3.63) is 29.6 Å². The van der Waals surface area contributed by atoms with Crippen LogP contribution in [0.15, 0.2) is 23.2 Å². The average Bonchev–Trinajstić information content (AvgIpc) is 2.73. The van der Waals surface area contributed by atoms with Crippen molar-refractivity contribution in [1.29, 1.82) is 0 Å². The number of hydrogen-bond acceptors (Lipinski definition) is 2. The molecule has 23 heavy (non-hydrogen) atoms. The molecule has 0 atom stereocenters. The molecular formula is C17H28FIN4. The second-order valence-corrected chi connectivity index (χ2v) is 6.21. The van der Waals surface area contributed by atoms with Gasteiger partial charge in [-0.2, -0.15) is 0 Å². The molecule has 1 aliphatic rings. The van der Waals surface area contributed by atoms with E-state index in [4.69, 9.17) is 5.73 Å². The first kappa shape index (κ1) is 20.0. The van der Waals surface area contributed by atoms with Crippen LogP contribution in [0.4, 0.5) is 10.1 Å². The monoisotopic (exact) mass is 434 g/mol. The molecule has 0 heterocycles. The second-order valence-electron chi connectivity index (χ2n) is 6.21. The lowest BCUT2D eigenvalue weighted by atomic mass is 10.1. The zero-order valence-electron chi connectivity index (χ0n) is 14.0. The first-order valence-corrected chi connectivity index (χ1v) is 8.08. The predicted molar refractivity (Wildman–Crippen MR) is 106 cm³/mol. The van der Waals surface area contributed by atoms with Crippen LogP contribution >= 0.6 is 24.0 Å². The maximum absolute atomic E-state index is 13.9. The molecule has 0 aromatic heterocycles. The number of anilines is 1. The van der Waals surface area contributed by atoms with Crippen LogP contribution in [0.25, 0.3) is 0 Å². The molecule has 1 aromatic rings. The average molecular weight is 434 g/mol. The van der Waals surface area contributed by atoms with Gasteiger partial charge in [0, 0.05) is 20.1 Å². The summed E-state index contributed by atoms with van der Waals surface area (Å²) in [5, 5.41) is 3.30. The number of guanidine groups is 1. The molecule has 0 spiro atoms. The van der Waals surface area contributed by atoms with E-state index in [9.17, 15) is 4.39 Å². The molecule has 1 fully saturated rings. The zero-order chi connectivity index (χ0) is 15.9. The Morgan fingerprint density at radius 1 is 1.26 bits per heavy atom. The van der Waals surface area contributed by atoms with Crippen molar-refractivity contribution in [3.8, 4) is 0 Å². The number of benzene rings is 1. The third-order valence-electron chi connectivity index (χ3n) is 4.13. The number of nitrogens with two attached hydrogens (primary N) is 1. The molecule has 1 aromatic carbocycles. The Bertz CT molecular complexity index is 511. The maximum atomic E-state index is 13.9. The van der Waals surface area contributed by atoms with E-state index in [1.807, 2.05) is 20.2 Å². The van der Waals surface area contributed by atoms with Crippen LogP contribution in [0, 0.1) is 5.82 Å². The third kappa shape index (κ3) is 6.53. The summed E-state index contributed by atoms with van der Waals surface area (Å²) in [5.41, 5.74) is 7.36. The summed E-state index contributed by atoms with van der Waals surface area (Å²) < 4.78 is 13.9. The highest BCUT2D eigenvalue weighted by molar-refractivity contribution is 14.0. The Hall–Kier alpha value is -1.05. The smallest absolute Gasteiger partial charge is 0.189 e. The maximum Gasteiger partial charge on any atom is 0.189 e. The van der Waals surface area contributed by atoms with Gasteiger partial charge in [-0.1, -0.05) is 31.7 Å². The Morgan fingerprint density at radius 2 is 1.91 bits per heavy atom. The first-order valence-electron chi connectivity index (χ1n) is 8.08. The van der Waals surface area contributed by atoms with Crippen LogP contribution in [0.2, 0.25) is 0 Å². The fraction of sp³-hybridized carbons (Fsp3) is 0.588. The van der Waals surface area contributed by atoms with E-state index in [-0.39, 0.29) is 29.8 Å². The van der Waals surface area contributed by atoms with Crippen molar-refractivity contribution in [1.82, 2.24) is 5.32 Å². The molecule has 1 aliphatic carbocycles. The molecule has 0 amide bonds. The third-order valence-corrected chi connectivity index (χ3v) is 4.13. The summed E-state index contributed by atoms with van der Waals surface area (Å²) >= 11 is 0. The van der Waals surface area contributed by atoms with E-state index in [1.54, 1.807) is 11.0 Å². The number of halogens is 2. The Morgan fingerprint density at radius 3 is 2.48 bits per heavy atom. The molecule has 0 aliphatic heterocycles. The summed E-state index contributed by atoms with van der Waals surface area (Å²) in [6.45, 7) is 0.399. The van der Waals surface area contributed by atoms with Gasteiger partial charge in [-0.05, 0) is 30.5 Å². The highest BCUT2D eigenvalue weighted by Crippen LogP contribution is 2.19. The minimum atomic E-state index is -0.229. The molecule has 0 saturated heterocycles. The van der Waals surface area contributed by atoms with E-state index < -0.39 is 0 Å². The van der Waals surface area contributed by atoms with Crippen molar-refractivity contribution in [2.75, 3.05) is 19.0 Å². The summed E-state index contributed by atoms with van der Waals surface area (Å²) in [5.74, 6) is 0.233. The molecule has 0 bridgehead atoms. The number of aliphatic imine (C=N–C) groups is 1. The first-order chi connectivity index (χ1) is 10.6. The SMILES string of the molecule is CN(C)c1ccc(CN=C(N)NC2CCCCCC2)cc1F.I. The number of hydrogen-bond donors (Lipinski definition) is 2. The molecule has 2 rings (SSSR count). The van der Waals surface area contributed by atoms with Gasteiger partial charge in [0.05, 0.1) is 12.2 Å². The fourth-order valence-corrected chi connectivity index (χ4v) is 2.87. The van der Waals surface area contributed by atoms with E-state index >= 15 is 0 Å². The minimum absolute atomic E-state index is 0. The zero-order valence-corrected chi connectivity index (χ0v) is 16.3. The summed E-state index contributed by atoms with van der Waals surface area (Å²) in [7, 11) is 3.65. The Balaban J connectivity index is 0.00000264. The fourth-order valence-electron chi connectivity index (χ4n) is 2.87. The van der Waals surface area contributed by atoms with Crippen LogP contribution in [0.5, 0.6) is 0 Å². The number of rotatable bonds is 4. The van der Waals surface area contributed by atoms with E-state index in [1.165, 1.54) is 31.7 Å². The molecule has 4 nitrogen and oxygen atoms in total. The minimum Gasteiger partial charge on any atom is -0.375 e. The normalized spacial score (nSPS) is 16.4. The van der Waals surface area contributed by atoms with Crippen LogP contribution < -0.4 is 16.0 Å².